The van der Waals surface area contributed by atoms with Gasteiger partial charge in [0.15, 0.2) is 6.29 Å². The van der Waals surface area contributed by atoms with Crippen LogP contribution in [0.1, 0.15) is 232 Å². The molecule has 0 aromatic heterocycles. The van der Waals surface area contributed by atoms with E-state index in [0.29, 0.717) is 6.42 Å². The van der Waals surface area contributed by atoms with Crippen LogP contribution in [0.3, 0.4) is 0 Å². The molecule has 0 spiro atoms. The second-order valence-corrected chi connectivity index (χ2v) is 19.7. The summed E-state index contributed by atoms with van der Waals surface area (Å²) in [4.78, 5) is 13.0. The maximum atomic E-state index is 13.0. The molecule has 1 rings (SSSR count). The number of rotatable bonds is 48. The number of carbonyl (C=O) groups is 1. The van der Waals surface area contributed by atoms with Crippen LogP contribution in [0.25, 0.3) is 0 Å². The maximum Gasteiger partial charge on any atom is 0.220 e. The number of nitrogens with one attached hydrogen (secondary N) is 1. The number of hydrogen-bond donors (Lipinski definition) is 6. The first-order valence-corrected chi connectivity index (χ1v) is 29.0. The first kappa shape index (κ1) is 66.1. The fourth-order valence-electron chi connectivity index (χ4n) is 8.59. The van der Waals surface area contributed by atoms with E-state index in [1.807, 2.05) is 6.08 Å². The number of aliphatic hydroxyl groups excluding tert-OH is 5. The molecular weight excluding hydrogens is 887 g/mol. The van der Waals surface area contributed by atoms with Crippen molar-refractivity contribution in [1.82, 2.24) is 5.32 Å². The second-order valence-electron chi connectivity index (χ2n) is 19.7. The predicted octanol–water partition coefficient (Wildman–Crippen LogP) is 14.4. The quantitative estimate of drug-likeness (QED) is 0.0261. The van der Waals surface area contributed by atoms with Crippen LogP contribution in [0, 0.1) is 0 Å². The minimum absolute atomic E-state index is 0.190. The van der Waals surface area contributed by atoms with E-state index < -0.39 is 49.5 Å². The molecule has 0 aromatic rings. The van der Waals surface area contributed by atoms with Crippen molar-refractivity contribution in [3.8, 4) is 0 Å². The van der Waals surface area contributed by atoms with E-state index in [1.54, 1.807) is 6.08 Å². The summed E-state index contributed by atoms with van der Waals surface area (Å²) in [5.74, 6) is -0.190. The molecule has 9 heteroatoms. The summed E-state index contributed by atoms with van der Waals surface area (Å²) in [6.45, 7) is 3.58. The Morgan fingerprint density at radius 2 is 0.887 bits per heavy atom. The third-order valence-electron chi connectivity index (χ3n) is 13.1. The van der Waals surface area contributed by atoms with Gasteiger partial charge in [0.25, 0.3) is 0 Å². The number of aliphatic hydroxyl groups is 5. The third kappa shape index (κ3) is 40.2. The molecule has 0 aromatic carbocycles. The largest absolute Gasteiger partial charge is 0.394 e. The SMILES string of the molecule is CC/C=C\C/C=C\C/C=C\C/C=C\C/C=C\C/C=C\CCCCCCCCCCCCCCCCCCCCCCC(=O)NC(COC1OC(CO)C(O)C(O)C1O)C(O)/C=C/CC/C=C/CCCCC. The molecule has 1 saturated heterocycles. The lowest BCUT2D eigenvalue weighted by Gasteiger charge is -2.40. The van der Waals surface area contributed by atoms with E-state index in [1.165, 1.54) is 135 Å². The van der Waals surface area contributed by atoms with E-state index in [2.05, 4.69) is 104 Å². The molecule has 7 unspecified atom stereocenters. The molecule has 408 valence electrons. The van der Waals surface area contributed by atoms with Gasteiger partial charge in [-0.05, 0) is 83.5 Å². The summed E-state index contributed by atoms with van der Waals surface area (Å²) in [6, 6.07) is -0.822. The zero-order valence-electron chi connectivity index (χ0n) is 45.2. The number of ether oxygens (including phenoxy) is 2. The average molecular weight is 995 g/mol. The van der Waals surface area contributed by atoms with Gasteiger partial charge in [0.05, 0.1) is 25.4 Å². The molecule has 1 fully saturated rings. The van der Waals surface area contributed by atoms with Crippen LogP contribution in [0.4, 0.5) is 0 Å². The maximum absolute atomic E-state index is 13.0. The molecule has 9 nitrogen and oxygen atoms in total. The summed E-state index contributed by atoms with van der Waals surface area (Å²) in [6.07, 6.45) is 66.6. The van der Waals surface area contributed by atoms with Gasteiger partial charge in [0, 0.05) is 6.42 Å². The van der Waals surface area contributed by atoms with Crippen LogP contribution >= 0.6 is 0 Å². The molecule has 0 radical (unpaired) electrons. The molecule has 6 N–H and O–H groups in total. The second kappa shape index (κ2) is 50.6. The molecular formula is C62H107NO8. The normalized spacial score (nSPS) is 20.0. The summed E-state index contributed by atoms with van der Waals surface area (Å²) in [5.41, 5.74) is 0. The number of allylic oxidation sites excluding steroid dienone is 15. The monoisotopic (exact) mass is 994 g/mol. The van der Waals surface area contributed by atoms with E-state index in [9.17, 15) is 30.3 Å². The summed E-state index contributed by atoms with van der Waals surface area (Å²) < 4.78 is 11.2. The highest BCUT2D eigenvalue weighted by Crippen LogP contribution is 2.23. The number of unbranched alkanes of at least 4 members (excludes halogenated alkanes) is 24. The van der Waals surface area contributed by atoms with E-state index in [0.717, 1.165) is 77.0 Å². The molecule has 1 aliphatic heterocycles. The van der Waals surface area contributed by atoms with Crippen molar-refractivity contribution in [2.75, 3.05) is 13.2 Å². The number of hydrogen-bond acceptors (Lipinski definition) is 8. The Morgan fingerprint density at radius 1 is 0.493 bits per heavy atom. The zero-order chi connectivity index (χ0) is 51.5. The molecule has 71 heavy (non-hydrogen) atoms. The highest BCUT2D eigenvalue weighted by atomic mass is 16.7. The van der Waals surface area contributed by atoms with Crippen LogP contribution in [0.2, 0.25) is 0 Å². The lowest BCUT2D eigenvalue weighted by molar-refractivity contribution is -0.302. The van der Waals surface area contributed by atoms with Gasteiger partial charge in [0.1, 0.15) is 24.4 Å². The Bertz CT molecular complexity index is 1430. The third-order valence-corrected chi connectivity index (χ3v) is 13.1. The number of carbonyl (C=O) groups excluding carboxylic acids is 1. The zero-order valence-corrected chi connectivity index (χ0v) is 45.2. The molecule has 7 atom stereocenters. The van der Waals surface area contributed by atoms with Crippen LogP contribution in [-0.2, 0) is 14.3 Å². The minimum atomic E-state index is -1.57. The summed E-state index contributed by atoms with van der Waals surface area (Å²) in [7, 11) is 0. The highest BCUT2D eigenvalue weighted by molar-refractivity contribution is 5.76. The van der Waals surface area contributed by atoms with Gasteiger partial charge in [-0.25, -0.2) is 0 Å². The Hall–Kier alpha value is -2.89. The van der Waals surface area contributed by atoms with Crippen molar-refractivity contribution in [1.29, 1.82) is 0 Å². The lowest BCUT2D eigenvalue weighted by Crippen LogP contribution is -2.60. The van der Waals surface area contributed by atoms with Gasteiger partial charge >= 0.3 is 0 Å². The van der Waals surface area contributed by atoms with Crippen LogP contribution < -0.4 is 5.32 Å². The molecule has 1 aliphatic rings. The lowest BCUT2D eigenvalue weighted by atomic mass is 9.99. The first-order chi connectivity index (χ1) is 34.8. The van der Waals surface area contributed by atoms with Gasteiger partial charge in [-0.15, -0.1) is 0 Å². The average Bonchev–Trinajstić information content (AvgIpc) is 3.37. The molecule has 0 bridgehead atoms. The Morgan fingerprint density at radius 3 is 1.35 bits per heavy atom. The molecule has 0 aliphatic carbocycles. The first-order valence-electron chi connectivity index (χ1n) is 29.0. The van der Waals surface area contributed by atoms with Gasteiger partial charge in [-0.3, -0.25) is 4.79 Å². The summed E-state index contributed by atoms with van der Waals surface area (Å²) >= 11 is 0. The van der Waals surface area contributed by atoms with Crippen LogP contribution in [-0.4, -0.2) is 87.5 Å². The fourth-order valence-corrected chi connectivity index (χ4v) is 8.59. The predicted molar refractivity (Wildman–Crippen MR) is 299 cm³/mol. The van der Waals surface area contributed by atoms with E-state index in [4.69, 9.17) is 9.47 Å². The van der Waals surface area contributed by atoms with Gasteiger partial charge in [-0.1, -0.05) is 239 Å². The highest BCUT2D eigenvalue weighted by Gasteiger charge is 2.44. The van der Waals surface area contributed by atoms with Crippen LogP contribution in [0.15, 0.2) is 97.2 Å². The fraction of sp³-hybridized carbons (Fsp3) is 0.726. The molecule has 1 amide bonds. The molecule has 1 heterocycles. The van der Waals surface area contributed by atoms with Crippen molar-refractivity contribution in [2.45, 2.75) is 275 Å². The van der Waals surface area contributed by atoms with E-state index in [-0.39, 0.29) is 12.5 Å². The van der Waals surface area contributed by atoms with Crippen molar-refractivity contribution in [3.05, 3.63) is 97.2 Å². The van der Waals surface area contributed by atoms with Gasteiger partial charge < -0.3 is 40.3 Å². The van der Waals surface area contributed by atoms with Crippen molar-refractivity contribution in [3.63, 3.8) is 0 Å². The minimum Gasteiger partial charge on any atom is -0.394 e. The van der Waals surface area contributed by atoms with Crippen LogP contribution in [0.5, 0.6) is 0 Å². The Balaban J connectivity index is 2.03. The smallest absolute Gasteiger partial charge is 0.220 e. The van der Waals surface area contributed by atoms with Gasteiger partial charge in [-0.2, -0.15) is 0 Å². The Labute approximate surface area is 434 Å². The standard InChI is InChI=1S/C62H107NO8/c1-3-5-7-9-11-13-14-15-16-17-18-19-20-21-22-23-24-25-26-27-28-29-30-31-32-33-34-35-36-37-38-39-40-41-42-44-46-48-50-52-58(66)63-55(56(65)51-49-47-45-43-12-10-8-6-4-2)54-70-62-61(69)60(68)59(67)57(53-64)71-62/h5,7,11-13,15-16,18-19,21-22,24-25,43,49,51,55-57,59-62,64-65,67-69H,3-4,6,8-10,14,17,20,23,26-42,44-48,50,52-54H2,1-2H3,(H,63,66)/b7-5-,13-11-,16-15-,19-18-,22-21-,25-24-,43-12+,51-49+. The topological polar surface area (TPSA) is 149 Å². The Kier molecular flexibility index (Phi) is 47.2. The van der Waals surface area contributed by atoms with Crippen molar-refractivity contribution < 1.29 is 39.8 Å². The van der Waals surface area contributed by atoms with E-state index >= 15 is 0 Å². The van der Waals surface area contributed by atoms with Gasteiger partial charge in [0.2, 0.25) is 5.91 Å². The van der Waals surface area contributed by atoms with Crippen molar-refractivity contribution in [2.24, 2.45) is 0 Å². The van der Waals surface area contributed by atoms with Crippen molar-refractivity contribution >= 4 is 5.91 Å². The number of amides is 1. The summed E-state index contributed by atoms with van der Waals surface area (Å²) in [5, 5.41) is 54.2. The molecule has 0 saturated carbocycles.